The van der Waals surface area contributed by atoms with Gasteiger partial charge in [-0.05, 0) is 0 Å². The highest BCUT2D eigenvalue weighted by molar-refractivity contribution is 4.96. The van der Waals surface area contributed by atoms with Crippen LogP contribution in [-0.2, 0) is 23.7 Å². The lowest BCUT2D eigenvalue weighted by molar-refractivity contribution is -0.377. The predicted octanol–water partition coefficient (Wildman–Crippen LogP) is -7.57. The quantitative estimate of drug-likeness (QED) is 0.154. The Morgan fingerprint density at radius 3 is 1.35 bits per heavy atom. The molecule has 0 aromatic rings. The van der Waals surface area contributed by atoms with Gasteiger partial charge in [0, 0.05) is 0 Å². The maximum Gasteiger partial charge on any atom is 0.187 e. The molecular weight excluding hydrogens is 472 g/mol. The molecule has 3 aliphatic rings. The van der Waals surface area contributed by atoms with E-state index in [0.717, 1.165) is 0 Å². The van der Waals surface area contributed by atoms with E-state index >= 15 is 0 Å². The first-order valence-corrected chi connectivity index (χ1v) is 10.6. The molecule has 0 aliphatic carbocycles. The van der Waals surface area contributed by atoms with E-state index in [2.05, 4.69) is 0 Å². The van der Waals surface area contributed by atoms with Gasteiger partial charge in [-0.2, -0.15) is 0 Å². The van der Waals surface area contributed by atoms with E-state index in [9.17, 15) is 56.2 Å². The molecule has 0 radical (unpaired) electrons. The lowest BCUT2D eigenvalue weighted by atomic mass is 9.96. The zero-order valence-electron chi connectivity index (χ0n) is 17.7. The molecule has 3 heterocycles. The highest BCUT2D eigenvalue weighted by Crippen LogP contribution is 2.32. The number of hydrogen-bond acceptors (Lipinski definition) is 16. The Morgan fingerprint density at radius 1 is 0.441 bits per heavy atom. The molecule has 0 aromatic carbocycles. The summed E-state index contributed by atoms with van der Waals surface area (Å²) >= 11 is 0. The highest BCUT2D eigenvalue weighted by Gasteiger charge is 2.53. The molecule has 16 nitrogen and oxygen atoms in total. The Hall–Kier alpha value is -0.640. The molecule has 3 saturated heterocycles. The summed E-state index contributed by atoms with van der Waals surface area (Å²) in [5, 5.41) is 109. The van der Waals surface area contributed by atoms with Gasteiger partial charge in [0.15, 0.2) is 18.9 Å². The standard InChI is InChI=1S/C18H32O16/c19-1-4-7(22)8(23)12(27)17(31-4)34-15-6(3-21)32-18(13(28)10(15)25)33-14-5(2-20)30-16(29)11(26)9(14)24/h4-29H,1-3H2/t4-,5-,6+,7-,8-,9+,10+,11-,12-,13+,14-,15-,16-,17+,18+/m1/s1. The summed E-state index contributed by atoms with van der Waals surface area (Å²) in [5.41, 5.74) is 0. The van der Waals surface area contributed by atoms with E-state index in [4.69, 9.17) is 23.7 Å². The molecule has 0 spiro atoms. The van der Waals surface area contributed by atoms with Crippen molar-refractivity contribution in [3.8, 4) is 0 Å². The second-order valence-corrected chi connectivity index (χ2v) is 8.33. The van der Waals surface area contributed by atoms with Crippen LogP contribution in [0.3, 0.4) is 0 Å². The van der Waals surface area contributed by atoms with Crippen LogP contribution in [0.4, 0.5) is 0 Å². The third-order valence-electron chi connectivity index (χ3n) is 6.09. The Kier molecular flexibility index (Phi) is 9.54. The fraction of sp³-hybridized carbons (Fsp3) is 1.00. The molecular formula is C18H32O16. The van der Waals surface area contributed by atoms with E-state index < -0.39 is 112 Å². The third kappa shape index (κ3) is 5.37. The van der Waals surface area contributed by atoms with Gasteiger partial charge in [0.2, 0.25) is 0 Å². The van der Waals surface area contributed by atoms with Gasteiger partial charge in [0.05, 0.1) is 19.8 Å². The van der Waals surface area contributed by atoms with Crippen molar-refractivity contribution < 1.29 is 79.9 Å². The fourth-order valence-electron chi connectivity index (χ4n) is 4.06. The molecule has 16 heteroatoms. The van der Waals surface area contributed by atoms with Crippen molar-refractivity contribution in [2.75, 3.05) is 19.8 Å². The fourth-order valence-corrected chi connectivity index (χ4v) is 4.06. The molecule has 0 aromatic heterocycles. The second kappa shape index (κ2) is 11.6. The molecule has 0 bridgehead atoms. The SMILES string of the molecule is OC[C@@H]1O[C@@H](O[C@H]2[C@@H](O)[C@@H](O)[C@H](O)O[C@@H]2CO)[C@@H](O)[C@H](O)[C@@H]1O[C@@H]1O[C@H](CO)[C@@H](O)[C@@H](O)[C@H]1O. The van der Waals surface area contributed by atoms with Gasteiger partial charge >= 0.3 is 0 Å². The first kappa shape index (κ1) is 27.9. The van der Waals surface area contributed by atoms with Crippen LogP contribution in [-0.4, -0.2) is 168 Å². The van der Waals surface area contributed by atoms with Gasteiger partial charge in [0.1, 0.15) is 73.2 Å². The van der Waals surface area contributed by atoms with Crippen LogP contribution in [0.1, 0.15) is 0 Å². The number of rotatable bonds is 7. The Labute approximate surface area is 192 Å². The molecule has 0 saturated carbocycles. The Balaban J connectivity index is 1.72. The zero-order valence-corrected chi connectivity index (χ0v) is 17.7. The lowest BCUT2D eigenvalue weighted by Gasteiger charge is -2.47. The van der Waals surface area contributed by atoms with Gasteiger partial charge in [-0.1, -0.05) is 0 Å². The number of aliphatic hydroxyl groups excluding tert-OH is 11. The molecule has 0 unspecified atom stereocenters. The molecule has 0 amide bonds. The van der Waals surface area contributed by atoms with Gasteiger partial charge in [-0.3, -0.25) is 0 Å². The molecule has 11 N–H and O–H groups in total. The van der Waals surface area contributed by atoms with Crippen molar-refractivity contribution in [3.05, 3.63) is 0 Å². The van der Waals surface area contributed by atoms with Crippen LogP contribution in [0.25, 0.3) is 0 Å². The first-order chi connectivity index (χ1) is 16.0. The summed E-state index contributed by atoms with van der Waals surface area (Å²) in [7, 11) is 0. The lowest BCUT2D eigenvalue weighted by Crippen LogP contribution is -2.66. The predicted molar refractivity (Wildman–Crippen MR) is 101 cm³/mol. The number of hydrogen-bond donors (Lipinski definition) is 11. The third-order valence-corrected chi connectivity index (χ3v) is 6.09. The summed E-state index contributed by atoms with van der Waals surface area (Å²) in [6.07, 6.45) is -25.1. The van der Waals surface area contributed by atoms with Gasteiger partial charge in [-0.15, -0.1) is 0 Å². The number of ether oxygens (including phenoxy) is 5. The molecule has 3 fully saturated rings. The van der Waals surface area contributed by atoms with Crippen molar-refractivity contribution >= 4 is 0 Å². The van der Waals surface area contributed by atoms with Crippen LogP contribution >= 0.6 is 0 Å². The number of aliphatic hydroxyl groups is 11. The maximum atomic E-state index is 10.6. The summed E-state index contributed by atoms with van der Waals surface area (Å²) < 4.78 is 26.4. The van der Waals surface area contributed by atoms with Crippen LogP contribution < -0.4 is 0 Å². The van der Waals surface area contributed by atoms with Crippen molar-refractivity contribution in [2.24, 2.45) is 0 Å². The van der Waals surface area contributed by atoms with Crippen LogP contribution in [0.2, 0.25) is 0 Å². The summed E-state index contributed by atoms with van der Waals surface area (Å²) in [5.74, 6) is 0. The largest absolute Gasteiger partial charge is 0.394 e. The smallest absolute Gasteiger partial charge is 0.187 e. The van der Waals surface area contributed by atoms with E-state index in [1.807, 2.05) is 0 Å². The molecule has 15 atom stereocenters. The minimum atomic E-state index is -1.91. The van der Waals surface area contributed by atoms with E-state index in [0.29, 0.717) is 0 Å². The van der Waals surface area contributed by atoms with Gasteiger partial charge in [-0.25, -0.2) is 0 Å². The second-order valence-electron chi connectivity index (χ2n) is 8.33. The van der Waals surface area contributed by atoms with Crippen LogP contribution in [0.15, 0.2) is 0 Å². The van der Waals surface area contributed by atoms with Gasteiger partial charge in [0.25, 0.3) is 0 Å². The van der Waals surface area contributed by atoms with Crippen molar-refractivity contribution in [1.82, 2.24) is 0 Å². The molecule has 200 valence electrons. The molecule has 3 rings (SSSR count). The average Bonchev–Trinajstić information content (AvgIpc) is 2.83. The summed E-state index contributed by atoms with van der Waals surface area (Å²) in [6.45, 7) is -2.32. The Bertz CT molecular complexity index is 635. The van der Waals surface area contributed by atoms with E-state index in [-0.39, 0.29) is 0 Å². The van der Waals surface area contributed by atoms with E-state index in [1.54, 1.807) is 0 Å². The van der Waals surface area contributed by atoms with Crippen LogP contribution in [0, 0.1) is 0 Å². The van der Waals surface area contributed by atoms with Crippen molar-refractivity contribution in [1.29, 1.82) is 0 Å². The average molecular weight is 504 g/mol. The monoisotopic (exact) mass is 504 g/mol. The zero-order chi connectivity index (χ0) is 25.3. The van der Waals surface area contributed by atoms with Crippen molar-refractivity contribution in [3.63, 3.8) is 0 Å². The highest BCUT2D eigenvalue weighted by atomic mass is 16.8. The van der Waals surface area contributed by atoms with Gasteiger partial charge < -0.3 is 79.9 Å². The van der Waals surface area contributed by atoms with Crippen molar-refractivity contribution in [2.45, 2.75) is 92.1 Å². The molecule has 3 aliphatic heterocycles. The normalized spacial score (nSPS) is 52.5. The topological polar surface area (TPSA) is 269 Å². The van der Waals surface area contributed by atoms with E-state index in [1.165, 1.54) is 0 Å². The Morgan fingerprint density at radius 2 is 0.853 bits per heavy atom. The maximum absolute atomic E-state index is 10.6. The first-order valence-electron chi connectivity index (χ1n) is 10.6. The summed E-state index contributed by atoms with van der Waals surface area (Å²) in [4.78, 5) is 0. The molecule has 34 heavy (non-hydrogen) atoms. The minimum absolute atomic E-state index is 0.741. The summed E-state index contributed by atoms with van der Waals surface area (Å²) in [6, 6.07) is 0. The van der Waals surface area contributed by atoms with Crippen LogP contribution in [0.5, 0.6) is 0 Å². The minimum Gasteiger partial charge on any atom is -0.394 e.